The number of hydrogen-bond donors (Lipinski definition) is 1. The molecule has 1 N–H and O–H groups in total. The van der Waals surface area contributed by atoms with Crippen molar-refractivity contribution in [3.63, 3.8) is 0 Å². The van der Waals surface area contributed by atoms with Gasteiger partial charge in [0.05, 0.1) is 10.9 Å². The summed E-state index contributed by atoms with van der Waals surface area (Å²) in [6.45, 7) is 9.40. The van der Waals surface area contributed by atoms with Crippen molar-refractivity contribution in [3.8, 4) is 0 Å². The molecular weight excluding hydrogens is 290 g/mol. The molecule has 0 saturated carbocycles. The molecule has 2 heterocycles. The van der Waals surface area contributed by atoms with Crippen LogP contribution in [0.2, 0.25) is 0 Å². The van der Waals surface area contributed by atoms with E-state index in [2.05, 4.69) is 0 Å². The van der Waals surface area contributed by atoms with Crippen molar-refractivity contribution in [1.82, 2.24) is 4.90 Å². The second kappa shape index (κ2) is 5.75. The molecule has 0 aromatic carbocycles. The van der Waals surface area contributed by atoms with Crippen LogP contribution in [0.5, 0.6) is 0 Å². The molecule has 0 aliphatic carbocycles. The number of aryl methyl sites for hydroxylation is 2. The Morgan fingerprint density at radius 2 is 1.90 bits per heavy atom. The molecule has 0 spiro atoms. The predicted molar refractivity (Wildman–Crippen MR) is 81.6 cm³/mol. The third-order valence-corrected chi connectivity index (χ3v) is 5.52. The smallest absolute Gasteiger partial charge is 0.327 e. The van der Waals surface area contributed by atoms with Crippen LogP contribution < -0.4 is 0 Å². The minimum Gasteiger partial charge on any atom is -0.480 e. The number of amides is 1. The Kier molecular flexibility index (Phi) is 4.37. The molecule has 21 heavy (non-hydrogen) atoms. The zero-order valence-corrected chi connectivity index (χ0v) is 13.8. The van der Waals surface area contributed by atoms with Crippen LogP contribution in [0.3, 0.4) is 0 Å². The van der Waals surface area contributed by atoms with Gasteiger partial charge in [-0.1, -0.05) is 13.8 Å². The number of carbonyl (C=O) groups excluding carboxylic acids is 1. The van der Waals surface area contributed by atoms with Gasteiger partial charge in [0.1, 0.15) is 17.6 Å². The van der Waals surface area contributed by atoms with E-state index in [1.165, 1.54) is 16.7 Å². The normalized spacial score (nSPS) is 22.1. The largest absolute Gasteiger partial charge is 0.480 e. The van der Waals surface area contributed by atoms with Gasteiger partial charge in [0.2, 0.25) is 0 Å². The molecule has 0 radical (unpaired) electrons. The van der Waals surface area contributed by atoms with E-state index >= 15 is 0 Å². The zero-order valence-electron chi connectivity index (χ0n) is 13.0. The van der Waals surface area contributed by atoms with Crippen molar-refractivity contribution < 1.29 is 19.1 Å². The fourth-order valence-electron chi connectivity index (χ4n) is 2.73. The Hall–Kier alpha value is -1.43. The standard InChI is InChI=1S/C15H21NO4S/c1-7(2)14-16(11(6-21-14)15(18)19)13(17)12-8(3)9(4)20-10(12)5/h7,11,14H,6H2,1-5H3,(H,18,19). The van der Waals surface area contributed by atoms with E-state index in [-0.39, 0.29) is 17.2 Å². The molecule has 2 unspecified atom stereocenters. The first-order valence-electron chi connectivity index (χ1n) is 6.99. The van der Waals surface area contributed by atoms with Crippen molar-refractivity contribution in [2.24, 2.45) is 5.92 Å². The van der Waals surface area contributed by atoms with Gasteiger partial charge in [-0.05, 0) is 26.7 Å². The van der Waals surface area contributed by atoms with Gasteiger partial charge in [0, 0.05) is 11.3 Å². The number of rotatable bonds is 3. The van der Waals surface area contributed by atoms with Gasteiger partial charge in [-0.25, -0.2) is 4.79 Å². The number of carboxylic acid groups (broad SMARTS) is 1. The lowest BCUT2D eigenvalue weighted by atomic mass is 10.1. The molecule has 2 rings (SSSR count). The first kappa shape index (κ1) is 15.9. The van der Waals surface area contributed by atoms with E-state index in [0.717, 1.165) is 5.56 Å². The van der Waals surface area contributed by atoms with E-state index in [9.17, 15) is 14.7 Å². The summed E-state index contributed by atoms with van der Waals surface area (Å²) in [6, 6.07) is -0.774. The molecular formula is C15H21NO4S. The summed E-state index contributed by atoms with van der Waals surface area (Å²) >= 11 is 1.53. The maximum Gasteiger partial charge on any atom is 0.327 e. The minimum absolute atomic E-state index is 0.118. The monoisotopic (exact) mass is 311 g/mol. The maximum atomic E-state index is 12.9. The second-order valence-corrected chi connectivity index (χ2v) is 6.90. The molecule has 1 aliphatic rings. The highest BCUT2D eigenvalue weighted by molar-refractivity contribution is 8.00. The van der Waals surface area contributed by atoms with Gasteiger partial charge in [0.25, 0.3) is 5.91 Å². The Morgan fingerprint density at radius 1 is 1.29 bits per heavy atom. The van der Waals surface area contributed by atoms with Crippen LogP contribution in [-0.4, -0.2) is 39.1 Å². The maximum absolute atomic E-state index is 12.9. The molecule has 116 valence electrons. The van der Waals surface area contributed by atoms with Crippen LogP contribution in [-0.2, 0) is 4.79 Å². The Morgan fingerprint density at radius 3 is 2.33 bits per heavy atom. The number of nitrogens with zero attached hydrogens (tertiary/aromatic N) is 1. The number of hydrogen-bond acceptors (Lipinski definition) is 4. The highest BCUT2D eigenvalue weighted by Gasteiger charge is 2.44. The van der Waals surface area contributed by atoms with E-state index in [0.29, 0.717) is 22.8 Å². The first-order valence-corrected chi connectivity index (χ1v) is 8.04. The van der Waals surface area contributed by atoms with Crippen molar-refractivity contribution in [2.75, 3.05) is 5.75 Å². The summed E-state index contributed by atoms with van der Waals surface area (Å²) in [5.74, 6) is 0.692. The van der Waals surface area contributed by atoms with Crippen LogP contribution in [0.1, 0.15) is 41.3 Å². The molecule has 1 amide bonds. The zero-order chi connectivity index (χ0) is 15.9. The molecule has 1 fully saturated rings. The second-order valence-electron chi connectivity index (χ2n) is 5.75. The summed E-state index contributed by atoms with van der Waals surface area (Å²) in [5, 5.41) is 9.27. The molecule has 5 nitrogen and oxygen atoms in total. The third-order valence-electron chi connectivity index (χ3n) is 3.90. The van der Waals surface area contributed by atoms with Crippen LogP contribution in [0, 0.1) is 26.7 Å². The Bertz CT molecular complexity index is 578. The number of carboxylic acids is 1. The highest BCUT2D eigenvalue weighted by atomic mass is 32.2. The fraction of sp³-hybridized carbons (Fsp3) is 0.600. The van der Waals surface area contributed by atoms with Gasteiger partial charge in [0.15, 0.2) is 0 Å². The fourth-order valence-corrected chi connectivity index (χ4v) is 4.20. The highest BCUT2D eigenvalue weighted by Crippen LogP contribution is 2.36. The van der Waals surface area contributed by atoms with E-state index in [4.69, 9.17) is 4.42 Å². The third kappa shape index (κ3) is 2.69. The molecule has 6 heteroatoms. The summed E-state index contributed by atoms with van der Waals surface area (Å²) in [7, 11) is 0. The lowest BCUT2D eigenvalue weighted by molar-refractivity contribution is -0.141. The molecule has 1 saturated heterocycles. The minimum atomic E-state index is -0.950. The summed E-state index contributed by atoms with van der Waals surface area (Å²) in [4.78, 5) is 25.9. The van der Waals surface area contributed by atoms with Crippen molar-refractivity contribution in [1.29, 1.82) is 0 Å². The molecule has 0 bridgehead atoms. The van der Waals surface area contributed by atoms with E-state index < -0.39 is 12.0 Å². The number of thioether (sulfide) groups is 1. The van der Waals surface area contributed by atoms with E-state index in [1.807, 2.05) is 27.7 Å². The number of furan rings is 1. The lowest BCUT2D eigenvalue weighted by Crippen LogP contribution is -2.47. The van der Waals surface area contributed by atoms with Gasteiger partial charge in [-0.3, -0.25) is 4.79 Å². The van der Waals surface area contributed by atoms with Gasteiger partial charge in [-0.2, -0.15) is 0 Å². The predicted octanol–water partition coefficient (Wildman–Crippen LogP) is 2.83. The number of aliphatic carboxylic acids is 1. The topological polar surface area (TPSA) is 70.8 Å². The molecule has 1 aromatic rings. The average molecular weight is 311 g/mol. The Balaban J connectivity index is 2.44. The van der Waals surface area contributed by atoms with Crippen molar-refractivity contribution in [2.45, 2.75) is 46.0 Å². The first-order chi connectivity index (χ1) is 9.75. The van der Waals surface area contributed by atoms with Crippen LogP contribution >= 0.6 is 11.8 Å². The van der Waals surface area contributed by atoms with Gasteiger partial charge >= 0.3 is 5.97 Å². The average Bonchev–Trinajstić information content (AvgIpc) is 2.92. The summed E-state index contributed by atoms with van der Waals surface area (Å²) < 4.78 is 5.52. The quantitative estimate of drug-likeness (QED) is 0.929. The van der Waals surface area contributed by atoms with Crippen LogP contribution in [0.4, 0.5) is 0 Å². The van der Waals surface area contributed by atoms with Crippen molar-refractivity contribution in [3.05, 3.63) is 22.6 Å². The van der Waals surface area contributed by atoms with Gasteiger partial charge < -0.3 is 14.4 Å². The van der Waals surface area contributed by atoms with Crippen LogP contribution in [0.25, 0.3) is 0 Å². The molecule has 1 aromatic heterocycles. The van der Waals surface area contributed by atoms with Crippen LogP contribution in [0.15, 0.2) is 4.42 Å². The summed E-state index contributed by atoms with van der Waals surface area (Å²) in [6.07, 6.45) is 0. The lowest BCUT2D eigenvalue weighted by Gasteiger charge is -2.29. The number of carbonyl (C=O) groups is 2. The van der Waals surface area contributed by atoms with Gasteiger partial charge in [-0.15, -0.1) is 11.8 Å². The molecule has 2 atom stereocenters. The Labute approximate surface area is 128 Å². The SMILES string of the molecule is Cc1oc(C)c(C(=O)N2C(C(=O)O)CSC2C(C)C)c1C. The van der Waals surface area contributed by atoms with E-state index in [1.54, 1.807) is 6.92 Å². The molecule has 1 aliphatic heterocycles. The van der Waals surface area contributed by atoms with Crippen molar-refractivity contribution >= 4 is 23.6 Å². The summed E-state index contributed by atoms with van der Waals surface area (Å²) in [5.41, 5.74) is 1.30.